The molecule has 2 unspecified atom stereocenters. The first kappa shape index (κ1) is 14.9. The predicted octanol–water partition coefficient (Wildman–Crippen LogP) is 1.69. The molecular weight excluding hydrogens is 210 g/mol. The molecule has 92 valence electrons. The fourth-order valence-electron chi connectivity index (χ4n) is 1.37. The highest BCUT2D eigenvalue weighted by Gasteiger charge is 2.15. The summed E-state index contributed by atoms with van der Waals surface area (Å²) in [6, 6.07) is 0. The molecule has 0 aromatic rings. The largest absolute Gasteiger partial charge is 0.317 e. The molecule has 0 aromatic carbocycles. The van der Waals surface area contributed by atoms with Gasteiger partial charge in [-0.15, -0.1) is 0 Å². The molecule has 0 aliphatic heterocycles. The molecule has 0 fully saturated rings. The average molecular weight is 235 g/mol. The Hall–Kier alpha value is -0.0900. The molecule has 4 heteroatoms. The smallest absolute Gasteiger partial charge is 0.150 e. The third-order valence-corrected chi connectivity index (χ3v) is 4.75. The SMILES string of the molecule is CCNCC(C)C(C)CCS(=O)(=O)CC. The van der Waals surface area contributed by atoms with Gasteiger partial charge >= 0.3 is 0 Å². The first-order valence-electron chi connectivity index (χ1n) is 5.84. The zero-order valence-electron chi connectivity index (χ0n) is 10.4. The minimum Gasteiger partial charge on any atom is -0.317 e. The first-order valence-corrected chi connectivity index (χ1v) is 7.66. The molecule has 0 bridgehead atoms. The number of nitrogens with one attached hydrogen (secondary N) is 1. The van der Waals surface area contributed by atoms with Crippen molar-refractivity contribution in [2.24, 2.45) is 11.8 Å². The molecule has 0 aromatic heterocycles. The van der Waals surface area contributed by atoms with Gasteiger partial charge in [-0.3, -0.25) is 0 Å². The Balaban J connectivity index is 3.87. The van der Waals surface area contributed by atoms with Crippen molar-refractivity contribution in [3.05, 3.63) is 0 Å². The molecule has 1 N–H and O–H groups in total. The Bertz CT molecular complexity index is 249. The zero-order chi connectivity index (χ0) is 11.9. The van der Waals surface area contributed by atoms with Gasteiger partial charge in [0.25, 0.3) is 0 Å². The minimum atomic E-state index is -2.79. The maximum atomic E-state index is 11.3. The lowest BCUT2D eigenvalue weighted by molar-refractivity contribution is 0.361. The maximum absolute atomic E-state index is 11.3. The number of rotatable bonds is 8. The monoisotopic (exact) mass is 235 g/mol. The summed E-state index contributed by atoms with van der Waals surface area (Å²) in [5.41, 5.74) is 0. The Labute approximate surface area is 94.6 Å². The van der Waals surface area contributed by atoms with E-state index in [1.165, 1.54) is 0 Å². The molecule has 0 radical (unpaired) electrons. The second-order valence-corrected chi connectivity index (χ2v) is 6.76. The lowest BCUT2D eigenvalue weighted by atomic mass is 9.93. The van der Waals surface area contributed by atoms with Crippen LogP contribution in [0.5, 0.6) is 0 Å². The second kappa shape index (κ2) is 7.23. The van der Waals surface area contributed by atoms with Crippen molar-refractivity contribution in [3.8, 4) is 0 Å². The van der Waals surface area contributed by atoms with Crippen LogP contribution < -0.4 is 5.32 Å². The van der Waals surface area contributed by atoms with Gasteiger partial charge in [0.15, 0.2) is 0 Å². The lowest BCUT2D eigenvalue weighted by Gasteiger charge is -2.19. The molecule has 0 amide bonds. The summed E-state index contributed by atoms with van der Waals surface area (Å²) >= 11 is 0. The van der Waals surface area contributed by atoms with Crippen LogP contribution in [0.2, 0.25) is 0 Å². The molecule has 0 heterocycles. The third kappa shape index (κ3) is 6.90. The zero-order valence-corrected chi connectivity index (χ0v) is 11.2. The normalized spacial score (nSPS) is 16.3. The number of hydrogen-bond acceptors (Lipinski definition) is 3. The third-order valence-electron chi connectivity index (χ3n) is 3.01. The summed E-state index contributed by atoms with van der Waals surface area (Å²) in [5.74, 6) is 1.60. The standard InChI is InChI=1S/C11H25NO2S/c1-5-12-9-11(4)10(3)7-8-15(13,14)6-2/h10-12H,5-9H2,1-4H3. The number of hydrogen-bond donors (Lipinski definition) is 1. The second-order valence-electron chi connectivity index (χ2n) is 4.29. The van der Waals surface area contributed by atoms with Gasteiger partial charge < -0.3 is 5.32 Å². The van der Waals surface area contributed by atoms with Crippen molar-refractivity contribution >= 4 is 9.84 Å². The van der Waals surface area contributed by atoms with Crippen LogP contribution in [0.15, 0.2) is 0 Å². The molecular formula is C11H25NO2S. The van der Waals surface area contributed by atoms with E-state index in [2.05, 4.69) is 26.1 Å². The van der Waals surface area contributed by atoms with Gasteiger partial charge in [0.05, 0.1) is 5.75 Å². The maximum Gasteiger partial charge on any atom is 0.150 e. The van der Waals surface area contributed by atoms with Crippen LogP contribution in [0.4, 0.5) is 0 Å². The van der Waals surface area contributed by atoms with Crippen LogP contribution in [0.1, 0.15) is 34.1 Å². The van der Waals surface area contributed by atoms with Gasteiger partial charge in [-0.25, -0.2) is 8.42 Å². The summed E-state index contributed by atoms with van der Waals surface area (Å²) in [7, 11) is -2.79. The van der Waals surface area contributed by atoms with Crippen LogP contribution in [-0.4, -0.2) is 33.0 Å². The molecule has 0 spiro atoms. The molecule has 15 heavy (non-hydrogen) atoms. The Kier molecular flexibility index (Phi) is 7.18. The Morgan fingerprint density at radius 1 is 1.13 bits per heavy atom. The predicted molar refractivity (Wildman–Crippen MR) is 65.8 cm³/mol. The van der Waals surface area contributed by atoms with E-state index in [1.807, 2.05) is 0 Å². The molecule has 2 atom stereocenters. The Morgan fingerprint density at radius 3 is 2.20 bits per heavy atom. The summed E-state index contributed by atoms with van der Waals surface area (Å²) in [5, 5.41) is 3.29. The highest BCUT2D eigenvalue weighted by molar-refractivity contribution is 7.91. The van der Waals surface area contributed by atoms with E-state index in [0.29, 0.717) is 17.6 Å². The molecule has 0 aliphatic rings. The molecule has 0 saturated heterocycles. The van der Waals surface area contributed by atoms with Crippen LogP contribution >= 0.6 is 0 Å². The van der Waals surface area contributed by atoms with E-state index >= 15 is 0 Å². The molecule has 3 nitrogen and oxygen atoms in total. The molecule has 0 aliphatic carbocycles. The van der Waals surface area contributed by atoms with Gasteiger partial charge in [-0.05, 0) is 31.3 Å². The highest BCUT2D eigenvalue weighted by atomic mass is 32.2. The van der Waals surface area contributed by atoms with Gasteiger partial charge in [0.2, 0.25) is 0 Å². The molecule has 0 rings (SSSR count). The van der Waals surface area contributed by atoms with Crippen LogP contribution in [0.25, 0.3) is 0 Å². The lowest BCUT2D eigenvalue weighted by Crippen LogP contribution is -2.26. The van der Waals surface area contributed by atoms with E-state index in [-0.39, 0.29) is 5.75 Å². The van der Waals surface area contributed by atoms with Crippen LogP contribution in [0.3, 0.4) is 0 Å². The quantitative estimate of drug-likeness (QED) is 0.696. The van der Waals surface area contributed by atoms with Gasteiger partial charge in [0, 0.05) is 5.75 Å². The topological polar surface area (TPSA) is 46.2 Å². The van der Waals surface area contributed by atoms with Crippen LogP contribution in [-0.2, 0) is 9.84 Å². The van der Waals surface area contributed by atoms with E-state index < -0.39 is 9.84 Å². The van der Waals surface area contributed by atoms with Crippen molar-refractivity contribution in [3.63, 3.8) is 0 Å². The van der Waals surface area contributed by atoms with Crippen molar-refractivity contribution in [2.45, 2.75) is 34.1 Å². The van der Waals surface area contributed by atoms with Crippen molar-refractivity contribution < 1.29 is 8.42 Å². The van der Waals surface area contributed by atoms with E-state index in [1.54, 1.807) is 6.92 Å². The summed E-state index contributed by atoms with van der Waals surface area (Å²) in [6.07, 6.45) is 0.780. The minimum absolute atomic E-state index is 0.265. The summed E-state index contributed by atoms with van der Waals surface area (Å²) in [6.45, 7) is 10.0. The van der Waals surface area contributed by atoms with Crippen molar-refractivity contribution in [1.29, 1.82) is 0 Å². The Morgan fingerprint density at radius 2 is 1.73 bits per heavy atom. The highest BCUT2D eigenvalue weighted by Crippen LogP contribution is 2.15. The van der Waals surface area contributed by atoms with Gasteiger partial charge in [-0.1, -0.05) is 27.7 Å². The van der Waals surface area contributed by atoms with E-state index in [4.69, 9.17) is 0 Å². The molecule has 0 saturated carbocycles. The van der Waals surface area contributed by atoms with E-state index in [0.717, 1.165) is 19.5 Å². The average Bonchev–Trinajstić information content (AvgIpc) is 2.22. The van der Waals surface area contributed by atoms with Gasteiger partial charge in [-0.2, -0.15) is 0 Å². The van der Waals surface area contributed by atoms with Crippen LogP contribution in [0, 0.1) is 11.8 Å². The summed E-state index contributed by atoms with van der Waals surface area (Å²) in [4.78, 5) is 0. The number of sulfone groups is 1. The van der Waals surface area contributed by atoms with E-state index in [9.17, 15) is 8.42 Å². The fourth-order valence-corrected chi connectivity index (χ4v) is 2.39. The van der Waals surface area contributed by atoms with Gasteiger partial charge in [0.1, 0.15) is 9.84 Å². The summed E-state index contributed by atoms with van der Waals surface area (Å²) < 4.78 is 22.6. The van der Waals surface area contributed by atoms with Crippen molar-refractivity contribution in [2.75, 3.05) is 24.6 Å². The fraction of sp³-hybridized carbons (Fsp3) is 1.00. The van der Waals surface area contributed by atoms with Crippen molar-refractivity contribution in [1.82, 2.24) is 5.32 Å². The first-order chi connectivity index (χ1) is 6.93.